The first-order chi connectivity index (χ1) is 46.7. The summed E-state index contributed by atoms with van der Waals surface area (Å²) in [6, 6.07) is 17.5. The highest BCUT2D eigenvalue weighted by atomic mass is 79.9. The summed E-state index contributed by atoms with van der Waals surface area (Å²) >= 11 is 24.3. The number of rotatable bonds is 13. The third kappa shape index (κ3) is 22.0. The molecule has 10 aromatic rings. The summed E-state index contributed by atoms with van der Waals surface area (Å²) in [6.45, 7) is 17.0. The van der Waals surface area contributed by atoms with Gasteiger partial charge in [0.05, 0.1) is 28.4 Å². The van der Waals surface area contributed by atoms with Crippen LogP contribution in [0.25, 0.3) is 11.1 Å². The van der Waals surface area contributed by atoms with E-state index in [1.807, 2.05) is 53.7 Å². The molecule has 0 bridgehead atoms. The van der Waals surface area contributed by atoms with Crippen LogP contribution in [0, 0.1) is 69.5 Å². The van der Waals surface area contributed by atoms with Crippen molar-refractivity contribution >= 4 is 148 Å². The van der Waals surface area contributed by atoms with Gasteiger partial charge >= 0.3 is 7.12 Å². The molecule has 0 amide bonds. The molecule has 0 radical (unpaired) electrons. The van der Waals surface area contributed by atoms with Crippen molar-refractivity contribution in [3.05, 3.63) is 233 Å². The molecule has 101 heavy (non-hydrogen) atoms. The Morgan fingerprint density at radius 2 is 0.891 bits per heavy atom. The number of hydrogen-bond acceptors (Lipinski definition) is 20. The van der Waals surface area contributed by atoms with Gasteiger partial charge in [-0.3, -0.25) is 0 Å². The van der Waals surface area contributed by atoms with E-state index in [4.69, 9.17) is 60.5 Å². The molecule has 20 nitrogen and oxygen atoms in total. The number of benzene rings is 3. The molecule has 0 spiro atoms. The number of nitrogens with zero attached hydrogens (tertiary/aromatic N) is 9. The zero-order valence-electron chi connectivity index (χ0n) is 53.8. The molecule has 0 aliphatic carbocycles. The van der Waals surface area contributed by atoms with Gasteiger partial charge in [0.2, 0.25) is 0 Å². The summed E-state index contributed by atoms with van der Waals surface area (Å²) in [5.74, 6) is -3.40. The second-order valence-corrected chi connectivity index (χ2v) is 31.6. The van der Waals surface area contributed by atoms with E-state index in [0.717, 1.165) is 51.9 Å². The number of halogens is 12. The molecular weight excluding hydrogens is 1600 g/mol. The largest absolute Gasteiger partial charge is 0.495 e. The zero-order valence-corrected chi connectivity index (χ0v) is 62.5. The average Bonchev–Trinajstić information content (AvgIpc) is 1.73. The van der Waals surface area contributed by atoms with E-state index in [1.54, 1.807) is 76.0 Å². The molecule has 534 valence electrons. The third-order valence-corrected chi connectivity index (χ3v) is 22.0. The summed E-state index contributed by atoms with van der Waals surface area (Å²) in [6.07, 6.45) is 11.3. The van der Waals surface area contributed by atoms with Crippen LogP contribution in [0.3, 0.4) is 0 Å². The first-order valence-electron chi connectivity index (χ1n) is 28.8. The van der Waals surface area contributed by atoms with Crippen molar-refractivity contribution in [3.8, 4) is 11.1 Å². The Morgan fingerprint density at radius 1 is 0.495 bits per heavy atom. The smallest absolute Gasteiger partial charge is 0.399 e. The van der Waals surface area contributed by atoms with Gasteiger partial charge in [-0.2, -0.15) is 0 Å². The summed E-state index contributed by atoms with van der Waals surface area (Å²) in [4.78, 5) is 35.3. The van der Waals surface area contributed by atoms with E-state index in [9.17, 15) is 51.6 Å². The molecule has 0 saturated carbocycles. The quantitative estimate of drug-likeness (QED) is 0.0318. The fourth-order valence-corrected chi connectivity index (χ4v) is 14.1. The topological polar surface area (TPSA) is 287 Å². The number of anilines is 5. The van der Waals surface area contributed by atoms with Crippen LogP contribution < -0.4 is 21.8 Å². The fraction of sp³-hybridized carbons (Fsp3) is 0.215. The van der Waals surface area contributed by atoms with Crippen LogP contribution in [0.1, 0.15) is 74.6 Å². The van der Waals surface area contributed by atoms with Gasteiger partial charge in [-0.25, -0.2) is 96.5 Å². The van der Waals surface area contributed by atoms with E-state index in [1.165, 1.54) is 12.4 Å². The number of nitrogens with one attached hydrogen (secondary N) is 2. The Labute approximate surface area is 616 Å². The predicted octanol–water partition coefficient (Wildman–Crippen LogP) is 16.4. The Morgan fingerprint density at radius 3 is 1.33 bits per heavy atom. The number of hydrogen-bond donors (Lipinski definition) is 3. The minimum atomic E-state index is -4.16. The van der Waals surface area contributed by atoms with Crippen LogP contribution in [-0.2, 0) is 49.5 Å². The lowest BCUT2D eigenvalue weighted by Crippen LogP contribution is -2.41. The molecule has 8 heterocycles. The molecule has 0 unspecified atom stereocenters. The van der Waals surface area contributed by atoms with Gasteiger partial charge in [0.25, 0.3) is 9.05 Å². The molecule has 4 N–H and O–H groups in total. The predicted molar refractivity (Wildman–Crippen MR) is 386 cm³/mol. The van der Waals surface area contributed by atoms with E-state index in [-0.39, 0.29) is 40.1 Å². The molecule has 0 atom stereocenters. The number of aryl methyl sites for hydroxylation is 2. The minimum Gasteiger partial charge on any atom is -0.399 e. The Balaban J connectivity index is 0.000000211. The van der Waals surface area contributed by atoms with Crippen LogP contribution >= 0.6 is 77.3 Å². The van der Waals surface area contributed by atoms with E-state index in [2.05, 4.69) is 87.3 Å². The molecule has 1 aliphatic rings. The summed E-state index contributed by atoms with van der Waals surface area (Å²) in [5.41, 5.74) is 10.2. The molecule has 1 saturated heterocycles. The maximum Gasteiger partial charge on any atom is 0.495 e. The zero-order chi connectivity index (χ0) is 74.0. The van der Waals surface area contributed by atoms with Crippen LogP contribution in [0.15, 0.2) is 158 Å². The van der Waals surface area contributed by atoms with Crippen LogP contribution in [0.5, 0.6) is 0 Å². The normalized spacial score (nSPS) is 12.9. The number of nitrogen functional groups attached to an aromatic ring is 1. The lowest BCUT2D eigenvalue weighted by molar-refractivity contribution is 0.00578. The van der Waals surface area contributed by atoms with Gasteiger partial charge in [0.15, 0.2) is 24.8 Å². The van der Waals surface area contributed by atoms with E-state index in [0.29, 0.717) is 90.7 Å². The minimum absolute atomic E-state index is 0. The molecule has 11 rings (SSSR count). The van der Waals surface area contributed by atoms with Crippen molar-refractivity contribution in [1.82, 2.24) is 44.9 Å². The van der Waals surface area contributed by atoms with Crippen molar-refractivity contribution in [2.24, 2.45) is 0 Å². The number of nitrogens with two attached hydrogens (primary N) is 1. The molecule has 1 fully saturated rings. The highest BCUT2D eigenvalue weighted by molar-refractivity contribution is 9.10. The van der Waals surface area contributed by atoms with E-state index >= 15 is 0 Å². The average molecular weight is 1660 g/mol. The lowest BCUT2D eigenvalue weighted by Gasteiger charge is -2.32. The third-order valence-electron chi connectivity index (χ3n) is 14.8. The van der Waals surface area contributed by atoms with Crippen LogP contribution in [-0.4, -0.2) is 88.4 Å². The van der Waals surface area contributed by atoms with Crippen molar-refractivity contribution in [1.29, 1.82) is 0 Å². The molecular formula is C65H61BBr2Cl4F6N12O8S3. The van der Waals surface area contributed by atoms with Gasteiger partial charge in [0.1, 0.15) is 94.8 Å². The second kappa shape index (κ2) is 34.7. The fourth-order valence-electron chi connectivity index (χ4n) is 8.67. The van der Waals surface area contributed by atoms with Crippen LogP contribution in [0.4, 0.5) is 55.3 Å². The van der Waals surface area contributed by atoms with Crippen LogP contribution in [0.2, 0.25) is 15.5 Å². The van der Waals surface area contributed by atoms with Crippen molar-refractivity contribution in [3.63, 3.8) is 0 Å². The van der Waals surface area contributed by atoms with Gasteiger partial charge in [0, 0.05) is 97.9 Å². The molecule has 3 aromatic carbocycles. The van der Waals surface area contributed by atoms with Gasteiger partial charge in [-0.15, -0.1) is 0 Å². The second-order valence-electron chi connectivity index (χ2n) is 22.4. The van der Waals surface area contributed by atoms with Gasteiger partial charge in [-0.1, -0.05) is 42.2 Å². The summed E-state index contributed by atoms with van der Waals surface area (Å²) in [7, 11) is -7.87. The number of aromatic nitrogens is 9. The molecule has 7 aromatic heterocycles. The maximum absolute atomic E-state index is 14.2. The highest BCUT2D eigenvalue weighted by Crippen LogP contribution is 2.38. The monoisotopic (exact) mass is 1660 g/mol. The Bertz CT molecular complexity index is 5020. The Hall–Kier alpha value is -7.50. The van der Waals surface area contributed by atoms with Gasteiger partial charge in [-0.05, 0) is 195 Å². The molecule has 1 aliphatic heterocycles. The SMILES string of the molecule is C.Cc1c(Br)cnc(Cl)c1CS(=O)(=O)c1ccc(F)cc1F.Cc1c(Br)cnc(Cl)c1N.Cc1nccc(Nc2cc(-c3cnc(Cl)c(CS(=O)(=O)c4ccc(F)cc4F)c3C)ccn2)n1.Cc1nccc(Nc2cc(B3OC(C)(C)C(C)(C)O3)ccn2)n1.O=S(=O)(Cl)c1ccc(F)cc1F. The number of sulfone groups is 2. The maximum atomic E-state index is 14.2. The summed E-state index contributed by atoms with van der Waals surface area (Å²) in [5, 5.41) is 6.64. The summed E-state index contributed by atoms with van der Waals surface area (Å²) < 4.78 is 164. The van der Waals surface area contributed by atoms with E-state index < -0.39 is 96.9 Å². The van der Waals surface area contributed by atoms with Gasteiger partial charge < -0.3 is 25.7 Å². The first-order valence-corrected chi connectivity index (χ1v) is 37.2. The highest BCUT2D eigenvalue weighted by Gasteiger charge is 2.52. The van der Waals surface area contributed by atoms with Crippen molar-refractivity contribution in [2.45, 2.75) is 107 Å². The standard InChI is InChI=1S/C23H18ClF2N5O2S.C16H21BN4O2.C13H9BrClF2NO2S.C6H6BrClN2.C6H3ClF2O2S.CH4/c1-13-17(15-5-7-28-22(9-15)31-21-6-8-27-14(2)30-21)11-29-23(24)18(13)12-34(32,33)20-4-3-16(25)10-19(20)26;1-11-18-9-7-13(20-11)21-14-10-12(6-8-19-14)17-22-15(2,3)16(4,5)23-17;1-7-9(13(15)18-5-10(7)14)6-21(19,20)12-3-2-8(16)4-11(12)17;1-3-4(7)2-10-6(8)5(3)9;7-12(10,11)6-2-1-4(8)3-5(6)9;/h3-11H,12H2,1-2H3,(H,27,28,30,31);6-10H,1-5H3,(H,18,19,20,21);2-5H,6H2,1H3;2H,9H2,1H3;1-3H;1H4. The Kier molecular flexibility index (Phi) is 28.3. The number of pyridine rings is 5. The van der Waals surface area contributed by atoms with Crippen molar-refractivity contribution in [2.75, 3.05) is 16.4 Å². The molecule has 36 heteroatoms. The lowest BCUT2D eigenvalue weighted by atomic mass is 9.80. The van der Waals surface area contributed by atoms with Crippen molar-refractivity contribution < 1.29 is 60.9 Å². The first kappa shape index (κ1) is 82.5.